The maximum absolute atomic E-state index is 13.2. The molecule has 0 aliphatic heterocycles. The molecule has 0 radical (unpaired) electrons. The summed E-state index contributed by atoms with van der Waals surface area (Å²) in [6.07, 6.45) is 2.23. The first kappa shape index (κ1) is 27.3. The molecule has 0 unspecified atom stereocenters. The van der Waals surface area contributed by atoms with E-state index in [1.54, 1.807) is 55.6 Å². The Morgan fingerprint density at radius 3 is 2.35 bits per heavy atom. The lowest BCUT2D eigenvalue weighted by Gasteiger charge is -2.21. The van der Waals surface area contributed by atoms with Crippen molar-refractivity contribution in [3.05, 3.63) is 83.4 Å². The van der Waals surface area contributed by atoms with Gasteiger partial charge < -0.3 is 24.8 Å². The third-order valence-electron chi connectivity index (χ3n) is 5.82. The maximum atomic E-state index is 13.2. The summed E-state index contributed by atoms with van der Waals surface area (Å²) in [4.78, 5) is 38.0. The van der Waals surface area contributed by atoms with Crippen LogP contribution in [0.25, 0.3) is 0 Å². The van der Waals surface area contributed by atoms with E-state index in [0.717, 1.165) is 18.4 Å². The number of methoxy groups -OCH3 is 1. The molecule has 0 aliphatic rings. The molecule has 37 heavy (non-hydrogen) atoms. The first-order chi connectivity index (χ1) is 17.8. The highest BCUT2D eigenvalue weighted by Gasteiger charge is 2.18. The average molecular weight is 505 g/mol. The number of carbonyl (C=O) groups excluding carboxylic acids is 2. The van der Waals surface area contributed by atoms with Gasteiger partial charge in [0.15, 0.2) is 0 Å². The molecule has 0 atom stereocenters. The lowest BCUT2D eigenvalue weighted by Crippen LogP contribution is -2.27. The molecule has 0 spiro atoms. The van der Waals surface area contributed by atoms with E-state index in [1.807, 2.05) is 25.1 Å². The summed E-state index contributed by atoms with van der Waals surface area (Å²) in [5, 5.41) is 11.6. The second-order valence-corrected chi connectivity index (χ2v) is 8.62. The highest BCUT2D eigenvalue weighted by Crippen LogP contribution is 2.30. The van der Waals surface area contributed by atoms with Gasteiger partial charge in [0.25, 0.3) is 11.8 Å². The Kier molecular flexibility index (Phi) is 9.66. The zero-order chi connectivity index (χ0) is 26.8. The number of carbonyl (C=O) groups is 3. The molecule has 2 N–H and O–H groups in total. The molecule has 2 amide bonds. The first-order valence-corrected chi connectivity index (χ1v) is 12.1. The molecular weight excluding hydrogens is 472 g/mol. The van der Waals surface area contributed by atoms with Crippen LogP contribution in [0.3, 0.4) is 0 Å². The van der Waals surface area contributed by atoms with Gasteiger partial charge in [-0.3, -0.25) is 14.4 Å². The molecule has 8 heteroatoms. The van der Waals surface area contributed by atoms with Gasteiger partial charge in [-0.25, -0.2) is 0 Å². The number of rotatable bonds is 12. The van der Waals surface area contributed by atoms with Gasteiger partial charge in [-0.15, -0.1) is 0 Å². The minimum Gasteiger partial charge on any atom is -0.496 e. The van der Waals surface area contributed by atoms with Crippen LogP contribution in [-0.4, -0.2) is 43.7 Å². The van der Waals surface area contributed by atoms with Crippen molar-refractivity contribution in [2.75, 3.05) is 31.0 Å². The molecule has 0 aromatic heterocycles. The average Bonchev–Trinajstić information content (AvgIpc) is 2.90. The number of para-hydroxylation sites is 1. The summed E-state index contributed by atoms with van der Waals surface area (Å²) in [5.41, 5.74) is 3.06. The predicted octanol–water partition coefficient (Wildman–Crippen LogP) is 5.56. The van der Waals surface area contributed by atoms with Crippen LogP contribution in [0.1, 0.15) is 52.0 Å². The van der Waals surface area contributed by atoms with Crippen LogP contribution in [0.2, 0.25) is 0 Å². The SMILES string of the molecule is COc1ccccc1C(=O)Nc1ccc(C(=O)N(C)c2ccc(C)cc2OCCCCCC(=O)O)cc1. The number of aryl methyl sites for hydroxylation is 1. The zero-order valence-corrected chi connectivity index (χ0v) is 21.3. The number of carboxylic acid groups (broad SMARTS) is 1. The highest BCUT2D eigenvalue weighted by atomic mass is 16.5. The number of benzene rings is 3. The third kappa shape index (κ3) is 7.57. The number of nitrogens with zero attached hydrogens (tertiary/aromatic N) is 1. The number of amides is 2. The summed E-state index contributed by atoms with van der Waals surface area (Å²) in [7, 11) is 3.19. The standard InChI is InChI=1S/C29H32N2O6/c1-20-12-17-24(26(19-20)37-18-8-4-5-11-27(32)33)31(2)29(35)21-13-15-22(16-14-21)30-28(34)23-9-6-7-10-25(23)36-3/h6-7,9-10,12-17,19H,4-5,8,11,18H2,1-3H3,(H,30,34)(H,32,33). The molecule has 3 aromatic carbocycles. The normalized spacial score (nSPS) is 10.5. The van der Waals surface area contributed by atoms with Gasteiger partial charge in [-0.05, 0) is 80.3 Å². The molecule has 0 saturated carbocycles. The Labute approximate surface area is 216 Å². The van der Waals surface area contributed by atoms with E-state index in [9.17, 15) is 14.4 Å². The van der Waals surface area contributed by atoms with Crippen LogP contribution >= 0.6 is 0 Å². The molecule has 0 saturated heterocycles. The summed E-state index contributed by atoms with van der Waals surface area (Å²) < 4.78 is 11.2. The van der Waals surface area contributed by atoms with Gasteiger partial charge in [0.05, 0.1) is 25.0 Å². The van der Waals surface area contributed by atoms with Crippen molar-refractivity contribution < 1.29 is 29.0 Å². The van der Waals surface area contributed by atoms with Crippen LogP contribution in [0.5, 0.6) is 11.5 Å². The maximum Gasteiger partial charge on any atom is 0.303 e. The molecule has 3 rings (SSSR count). The Morgan fingerprint density at radius 1 is 0.919 bits per heavy atom. The minimum absolute atomic E-state index is 0.149. The van der Waals surface area contributed by atoms with Crippen molar-refractivity contribution in [3.8, 4) is 11.5 Å². The van der Waals surface area contributed by atoms with Crippen LogP contribution < -0.4 is 19.7 Å². The van der Waals surface area contributed by atoms with Crippen molar-refractivity contribution in [3.63, 3.8) is 0 Å². The lowest BCUT2D eigenvalue weighted by molar-refractivity contribution is -0.137. The number of hydrogen-bond acceptors (Lipinski definition) is 5. The van der Waals surface area contributed by atoms with E-state index in [4.69, 9.17) is 14.6 Å². The van der Waals surface area contributed by atoms with Crippen LogP contribution in [-0.2, 0) is 4.79 Å². The fourth-order valence-corrected chi connectivity index (χ4v) is 3.78. The van der Waals surface area contributed by atoms with E-state index in [1.165, 1.54) is 12.0 Å². The number of aliphatic carboxylic acids is 1. The molecule has 3 aromatic rings. The zero-order valence-electron chi connectivity index (χ0n) is 21.3. The van der Waals surface area contributed by atoms with E-state index < -0.39 is 5.97 Å². The van der Waals surface area contributed by atoms with Crippen LogP contribution in [0.15, 0.2) is 66.7 Å². The molecule has 0 bridgehead atoms. The van der Waals surface area contributed by atoms with E-state index in [0.29, 0.717) is 47.0 Å². The molecule has 0 fully saturated rings. The largest absolute Gasteiger partial charge is 0.496 e. The van der Waals surface area contributed by atoms with Crippen molar-refractivity contribution in [2.45, 2.75) is 32.6 Å². The second kappa shape index (κ2) is 13.1. The lowest BCUT2D eigenvalue weighted by atomic mass is 10.1. The highest BCUT2D eigenvalue weighted by molar-refractivity contribution is 6.08. The van der Waals surface area contributed by atoms with Gasteiger partial charge in [0.1, 0.15) is 11.5 Å². The third-order valence-corrected chi connectivity index (χ3v) is 5.82. The Bertz CT molecular complexity index is 1240. The fraction of sp³-hybridized carbons (Fsp3) is 0.276. The monoisotopic (exact) mass is 504 g/mol. The summed E-state index contributed by atoms with van der Waals surface area (Å²) in [6.45, 7) is 2.38. The molecule has 194 valence electrons. The molecular formula is C29H32N2O6. The van der Waals surface area contributed by atoms with Crippen molar-refractivity contribution in [2.24, 2.45) is 0 Å². The molecule has 0 heterocycles. The van der Waals surface area contributed by atoms with E-state index in [-0.39, 0.29) is 18.2 Å². The Hall–Kier alpha value is -4.33. The number of carboxylic acids is 1. The predicted molar refractivity (Wildman–Crippen MR) is 143 cm³/mol. The summed E-state index contributed by atoms with van der Waals surface area (Å²) in [5.74, 6) is -0.260. The second-order valence-electron chi connectivity index (χ2n) is 8.62. The van der Waals surface area contributed by atoms with Gasteiger partial charge in [0.2, 0.25) is 0 Å². The number of anilines is 2. The van der Waals surface area contributed by atoms with Gasteiger partial charge in [-0.1, -0.05) is 18.2 Å². The Morgan fingerprint density at radius 2 is 1.65 bits per heavy atom. The number of ether oxygens (including phenoxy) is 2. The van der Waals surface area contributed by atoms with Crippen molar-refractivity contribution in [1.82, 2.24) is 0 Å². The van der Waals surface area contributed by atoms with Gasteiger partial charge >= 0.3 is 5.97 Å². The van der Waals surface area contributed by atoms with Crippen LogP contribution in [0, 0.1) is 6.92 Å². The summed E-state index contributed by atoms with van der Waals surface area (Å²) >= 11 is 0. The molecule has 8 nitrogen and oxygen atoms in total. The van der Waals surface area contributed by atoms with E-state index >= 15 is 0 Å². The Balaban J connectivity index is 1.65. The first-order valence-electron chi connectivity index (χ1n) is 12.1. The van der Waals surface area contributed by atoms with Gasteiger partial charge in [0, 0.05) is 24.7 Å². The minimum atomic E-state index is -0.797. The number of unbranched alkanes of at least 4 members (excludes halogenated alkanes) is 2. The smallest absolute Gasteiger partial charge is 0.303 e. The van der Waals surface area contributed by atoms with E-state index in [2.05, 4.69) is 5.32 Å². The van der Waals surface area contributed by atoms with Gasteiger partial charge in [-0.2, -0.15) is 0 Å². The van der Waals surface area contributed by atoms with Crippen molar-refractivity contribution >= 4 is 29.2 Å². The topological polar surface area (TPSA) is 105 Å². The van der Waals surface area contributed by atoms with Crippen LogP contribution in [0.4, 0.5) is 11.4 Å². The quantitative estimate of drug-likeness (QED) is 0.313. The number of nitrogens with one attached hydrogen (secondary N) is 1. The number of hydrogen-bond donors (Lipinski definition) is 2. The van der Waals surface area contributed by atoms with Crippen molar-refractivity contribution in [1.29, 1.82) is 0 Å². The fourth-order valence-electron chi connectivity index (χ4n) is 3.78. The molecule has 0 aliphatic carbocycles. The summed E-state index contributed by atoms with van der Waals surface area (Å²) in [6, 6.07) is 19.3.